The van der Waals surface area contributed by atoms with Gasteiger partial charge in [0, 0.05) is 26.7 Å². The van der Waals surface area contributed by atoms with Crippen LogP contribution in [-0.2, 0) is 10.9 Å². The fourth-order valence-electron chi connectivity index (χ4n) is 2.43. The second-order valence-electron chi connectivity index (χ2n) is 5.60. The lowest BCUT2D eigenvalue weighted by atomic mass is 10.1. The molecule has 1 aromatic carbocycles. The number of aryl methyl sites for hydroxylation is 1. The molecular weight excluding hydrogens is 385 g/mol. The van der Waals surface area contributed by atoms with Gasteiger partial charge in [0.15, 0.2) is 5.69 Å². The maximum absolute atomic E-state index is 13.6. The third-order valence-corrected chi connectivity index (χ3v) is 3.70. The van der Waals surface area contributed by atoms with Crippen molar-refractivity contribution >= 4 is 18.3 Å². The minimum Gasteiger partial charge on any atom is -0.383 e. The van der Waals surface area contributed by atoms with Crippen molar-refractivity contribution in [3.05, 3.63) is 47.3 Å². The highest BCUT2D eigenvalue weighted by Gasteiger charge is 2.40. The van der Waals surface area contributed by atoms with Crippen molar-refractivity contribution in [2.45, 2.75) is 13.1 Å². The molecule has 0 saturated carbocycles. The van der Waals surface area contributed by atoms with E-state index in [4.69, 9.17) is 4.74 Å². The summed E-state index contributed by atoms with van der Waals surface area (Å²) in [5.74, 6) is -0.814. The Balaban J connectivity index is 0.00000364. The summed E-state index contributed by atoms with van der Waals surface area (Å²) in [6.07, 6.45) is -3.77. The third kappa shape index (κ3) is 5.95. The van der Waals surface area contributed by atoms with Gasteiger partial charge in [0.05, 0.1) is 24.1 Å². The van der Waals surface area contributed by atoms with Crippen LogP contribution in [0.15, 0.2) is 30.5 Å². The van der Waals surface area contributed by atoms with Crippen molar-refractivity contribution in [2.75, 3.05) is 33.4 Å². The standard InChI is InChI=1S/C17H21F3N4O2.ClH/c1-12-5-3-4-6-14(12)24-15(17(18,19)20)13(11-23-24)16(25)22-8-7-21-9-10-26-2;/h3-6,11,21H,7-10H2,1-2H3,(H,22,25);1H. The molecule has 1 aromatic heterocycles. The van der Waals surface area contributed by atoms with Crippen molar-refractivity contribution in [1.29, 1.82) is 0 Å². The van der Waals surface area contributed by atoms with E-state index < -0.39 is 23.3 Å². The molecule has 150 valence electrons. The zero-order valence-corrected chi connectivity index (χ0v) is 15.8. The molecule has 0 radical (unpaired) electrons. The van der Waals surface area contributed by atoms with Crippen LogP contribution >= 0.6 is 12.4 Å². The lowest BCUT2D eigenvalue weighted by Crippen LogP contribution is -2.34. The smallest absolute Gasteiger partial charge is 0.383 e. The number of ether oxygens (including phenoxy) is 1. The molecular formula is C17H22ClF3N4O2. The summed E-state index contributed by atoms with van der Waals surface area (Å²) in [7, 11) is 1.56. The SMILES string of the molecule is COCCNCCNC(=O)c1cnn(-c2ccccc2C)c1C(F)(F)F.Cl. The lowest BCUT2D eigenvalue weighted by molar-refractivity contribution is -0.143. The van der Waals surface area contributed by atoms with Crippen LogP contribution in [0.2, 0.25) is 0 Å². The van der Waals surface area contributed by atoms with Crippen molar-refractivity contribution in [2.24, 2.45) is 0 Å². The van der Waals surface area contributed by atoms with Gasteiger partial charge in [0.25, 0.3) is 5.91 Å². The summed E-state index contributed by atoms with van der Waals surface area (Å²) in [6.45, 7) is 3.39. The van der Waals surface area contributed by atoms with Gasteiger partial charge in [-0.2, -0.15) is 18.3 Å². The molecule has 2 N–H and O–H groups in total. The Morgan fingerprint density at radius 2 is 1.93 bits per heavy atom. The molecule has 2 rings (SSSR count). The number of hydrogen-bond donors (Lipinski definition) is 2. The molecule has 0 saturated heterocycles. The summed E-state index contributed by atoms with van der Waals surface area (Å²) in [5, 5.41) is 9.27. The number of methoxy groups -OCH3 is 1. The number of hydrogen-bond acceptors (Lipinski definition) is 4. The summed E-state index contributed by atoms with van der Waals surface area (Å²) >= 11 is 0. The molecule has 2 aromatic rings. The molecule has 1 amide bonds. The number of para-hydroxylation sites is 1. The van der Waals surface area contributed by atoms with Gasteiger partial charge in [-0.1, -0.05) is 18.2 Å². The van der Waals surface area contributed by atoms with Crippen LogP contribution in [0.1, 0.15) is 21.6 Å². The van der Waals surface area contributed by atoms with Gasteiger partial charge in [-0.25, -0.2) is 4.68 Å². The Bertz CT molecular complexity index is 750. The third-order valence-electron chi connectivity index (χ3n) is 3.70. The average Bonchev–Trinajstić information content (AvgIpc) is 3.03. The predicted molar refractivity (Wildman–Crippen MR) is 97.6 cm³/mol. The van der Waals surface area contributed by atoms with Crippen LogP contribution < -0.4 is 10.6 Å². The Labute approximate surface area is 161 Å². The van der Waals surface area contributed by atoms with Crippen LogP contribution in [-0.4, -0.2) is 49.0 Å². The van der Waals surface area contributed by atoms with E-state index in [9.17, 15) is 18.0 Å². The zero-order chi connectivity index (χ0) is 19.2. The molecule has 10 heteroatoms. The van der Waals surface area contributed by atoms with E-state index in [-0.39, 0.29) is 24.6 Å². The predicted octanol–water partition coefficient (Wildman–Crippen LogP) is 2.59. The first-order chi connectivity index (χ1) is 12.4. The number of amides is 1. The van der Waals surface area contributed by atoms with Crippen molar-refractivity contribution < 1.29 is 22.7 Å². The van der Waals surface area contributed by atoms with Crippen LogP contribution in [0.5, 0.6) is 0 Å². The van der Waals surface area contributed by atoms with Gasteiger partial charge in [0.2, 0.25) is 0 Å². The van der Waals surface area contributed by atoms with Gasteiger partial charge in [-0.05, 0) is 18.6 Å². The van der Waals surface area contributed by atoms with E-state index >= 15 is 0 Å². The second kappa shape index (κ2) is 10.3. The molecule has 0 unspecified atom stereocenters. The Kier molecular flexibility index (Phi) is 8.74. The van der Waals surface area contributed by atoms with Crippen LogP contribution in [0.25, 0.3) is 5.69 Å². The summed E-state index contributed by atoms with van der Waals surface area (Å²) < 4.78 is 46.4. The first-order valence-electron chi connectivity index (χ1n) is 8.05. The first-order valence-corrected chi connectivity index (χ1v) is 8.05. The molecule has 0 bridgehead atoms. The summed E-state index contributed by atoms with van der Waals surface area (Å²) in [5.41, 5.74) is -0.690. The van der Waals surface area contributed by atoms with Crippen molar-refractivity contribution in [1.82, 2.24) is 20.4 Å². The average molecular weight is 407 g/mol. The number of carbonyl (C=O) groups excluding carboxylic acids is 1. The van der Waals surface area contributed by atoms with Gasteiger partial charge in [-0.3, -0.25) is 4.79 Å². The molecule has 0 aliphatic carbocycles. The Hall–Kier alpha value is -2.10. The highest BCUT2D eigenvalue weighted by Crippen LogP contribution is 2.34. The number of alkyl halides is 3. The van der Waals surface area contributed by atoms with Crippen LogP contribution in [0, 0.1) is 6.92 Å². The number of rotatable bonds is 8. The lowest BCUT2D eigenvalue weighted by Gasteiger charge is -2.14. The van der Waals surface area contributed by atoms with E-state index in [1.54, 1.807) is 32.2 Å². The van der Waals surface area contributed by atoms with E-state index in [2.05, 4.69) is 15.7 Å². The van der Waals surface area contributed by atoms with E-state index in [0.29, 0.717) is 25.3 Å². The second-order valence-corrected chi connectivity index (χ2v) is 5.60. The fraction of sp³-hybridized carbons (Fsp3) is 0.412. The Morgan fingerprint density at radius 1 is 1.22 bits per heavy atom. The van der Waals surface area contributed by atoms with Gasteiger partial charge < -0.3 is 15.4 Å². The molecule has 27 heavy (non-hydrogen) atoms. The van der Waals surface area contributed by atoms with Gasteiger partial charge in [0.1, 0.15) is 0 Å². The highest BCUT2D eigenvalue weighted by atomic mass is 35.5. The molecule has 0 fully saturated rings. The van der Waals surface area contributed by atoms with Crippen LogP contribution in [0.3, 0.4) is 0 Å². The number of aromatic nitrogens is 2. The van der Waals surface area contributed by atoms with Crippen molar-refractivity contribution in [3.63, 3.8) is 0 Å². The number of nitrogens with zero attached hydrogens (tertiary/aromatic N) is 2. The molecule has 1 heterocycles. The molecule has 0 spiro atoms. The number of benzene rings is 1. The summed E-state index contributed by atoms with van der Waals surface area (Å²) in [6, 6.07) is 6.55. The molecule has 0 aliphatic rings. The summed E-state index contributed by atoms with van der Waals surface area (Å²) in [4.78, 5) is 12.2. The fourth-order valence-corrected chi connectivity index (χ4v) is 2.43. The maximum atomic E-state index is 13.6. The van der Waals surface area contributed by atoms with Gasteiger partial charge in [-0.15, -0.1) is 12.4 Å². The van der Waals surface area contributed by atoms with E-state index in [0.717, 1.165) is 10.9 Å². The van der Waals surface area contributed by atoms with E-state index in [1.165, 1.54) is 6.07 Å². The number of nitrogens with one attached hydrogen (secondary N) is 2. The van der Waals surface area contributed by atoms with Gasteiger partial charge >= 0.3 is 6.18 Å². The molecule has 0 aliphatic heterocycles. The minimum absolute atomic E-state index is 0. The Morgan fingerprint density at radius 3 is 2.56 bits per heavy atom. The molecule has 0 atom stereocenters. The topological polar surface area (TPSA) is 68.2 Å². The minimum atomic E-state index is -4.72. The maximum Gasteiger partial charge on any atom is 0.434 e. The quantitative estimate of drug-likeness (QED) is 0.661. The number of halogens is 4. The monoisotopic (exact) mass is 406 g/mol. The largest absolute Gasteiger partial charge is 0.434 e. The normalized spacial score (nSPS) is 11.1. The van der Waals surface area contributed by atoms with Crippen LogP contribution in [0.4, 0.5) is 13.2 Å². The van der Waals surface area contributed by atoms with Crippen molar-refractivity contribution in [3.8, 4) is 5.69 Å². The highest BCUT2D eigenvalue weighted by molar-refractivity contribution is 5.95. The van der Waals surface area contributed by atoms with E-state index in [1.807, 2.05) is 0 Å². The number of carbonyl (C=O) groups is 1. The molecule has 6 nitrogen and oxygen atoms in total. The first kappa shape index (κ1) is 22.9. The zero-order valence-electron chi connectivity index (χ0n) is 15.0.